The van der Waals surface area contributed by atoms with Gasteiger partial charge in [-0.25, -0.2) is 0 Å². The van der Waals surface area contributed by atoms with E-state index in [4.69, 9.17) is 0 Å². The molecule has 0 N–H and O–H groups in total. The highest BCUT2D eigenvalue weighted by atomic mass is 16.6. The largest absolute Gasteiger partial charge is 0.307 e. The van der Waals surface area contributed by atoms with Crippen molar-refractivity contribution in [2.24, 2.45) is 0 Å². The Kier molecular flexibility index (Phi) is 3.51. The Bertz CT molecular complexity index is 694. The predicted molar refractivity (Wildman–Crippen MR) is 66.3 cm³/mol. The molecule has 1 heterocycles. The van der Waals surface area contributed by atoms with Gasteiger partial charge in [0, 0.05) is 17.7 Å². The van der Waals surface area contributed by atoms with Crippen molar-refractivity contribution in [3.8, 4) is 0 Å². The maximum absolute atomic E-state index is 11.9. The molecule has 9 heteroatoms. The van der Waals surface area contributed by atoms with Crippen LogP contribution in [0, 0.1) is 20.2 Å². The zero-order chi connectivity index (χ0) is 14.7. The number of Topliss-reactive ketones (excluding diaryl/α,β-unsaturated/α-hetero) is 1. The predicted octanol–water partition coefficient (Wildman–Crippen LogP) is 1.58. The smallest absolute Gasteiger partial charge is 0.292 e. The minimum Gasteiger partial charge on any atom is -0.292 e. The molecule has 0 amide bonds. The zero-order valence-electron chi connectivity index (χ0n) is 10.0. The monoisotopic (exact) mass is 276 g/mol. The van der Waals surface area contributed by atoms with Crippen LogP contribution in [0.4, 0.5) is 11.4 Å². The van der Waals surface area contributed by atoms with Crippen molar-refractivity contribution in [3.05, 3.63) is 62.5 Å². The number of nitro benzene ring substituents is 1. The van der Waals surface area contributed by atoms with Gasteiger partial charge in [0.15, 0.2) is 5.78 Å². The molecule has 0 aliphatic heterocycles. The number of carbonyl (C=O) groups is 1. The molecule has 1 aromatic carbocycles. The fraction of sp³-hybridized carbons (Fsp3) is 0.0909. The van der Waals surface area contributed by atoms with Crippen molar-refractivity contribution in [2.75, 3.05) is 0 Å². The first-order valence-electron chi connectivity index (χ1n) is 5.42. The van der Waals surface area contributed by atoms with Crippen molar-refractivity contribution in [1.82, 2.24) is 9.78 Å². The van der Waals surface area contributed by atoms with Crippen LogP contribution in [0.3, 0.4) is 0 Å². The van der Waals surface area contributed by atoms with E-state index in [2.05, 4.69) is 5.10 Å². The van der Waals surface area contributed by atoms with E-state index in [1.165, 1.54) is 18.2 Å². The second-order valence-electron chi connectivity index (χ2n) is 3.88. The fourth-order valence-electron chi connectivity index (χ4n) is 1.56. The van der Waals surface area contributed by atoms with E-state index in [0.717, 1.165) is 23.1 Å². The van der Waals surface area contributed by atoms with Gasteiger partial charge in [-0.1, -0.05) is 12.1 Å². The molecule has 1 aromatic heterocycles. The number of ketones is 1. The summed E-state index contributed by atoms with van der Waals surface area (Å²) in [4.78, 5) is 31.8. The van der Waals surface area contributed by atoms with Gasteiger partial charge in [-0.2, -0.15) is 5.10 Å². The van der Waals surface area contributed by atoms with Crippen LogP contribution in [0.2, 0.25) is 0 Å². The molecule has 0 spiro atoms. The van der Waals surface area contributed by atoms with Gasteiger partial charge in [-0.15, -0.1) is 0 Å². The third-order valence-electron chi connectivity index (χ3n) is 2.51. The van der Waals surface area contributed by atoms with Gasteiger partial charge in [0.2, 0.25) is 0 Å². The molecule has 0 saturated carbocycles. The first kappa shape index (κ1) is 13.3. The van der Waals surface area contributed by atoms with Crippen molar-refractivity contribution in [2.45, 2.75) is 6.54 Å². The molecule has 9 nitrogen and oxygen atoms in total. The molecule has 0 aliphatic carbocycles. The van der Waals surface area contributed by atoms with Crippen molar-refractivity contribution in [1.29, 1.82) is 0 Å². The molecule has 2 aromatic rings. The summed E-state index contributed by atoms with van der Waals surface area (Å²) in [6, 6.07) is 5.26. The molecular formula is C11H8N4O5. The summed E-state index contributed by atoms with van der Waals surface area (Å²) in [5.41, 5.74) is -0.267. The highest BCUT2D eigenvalue weighted by Gasteiger charge is 2.14. The topological polar surface area (TPSA) is 121 Å². The fourth-order valence-corrected chi connectivity index (χ4v) is 1.56. The average Bonchev–Trinajstić information content (AvgIpc) is 2.87. The second-order valence-corrected chi connectivity index (χ2v) is 3.88. The van der Waals surface area contributed by atoms with Crippen LogP contribution in [0.5, 0.6) is 0 Å². The van der Waals surface area contributed by atoms with E-state index in [9.17, 15) is 25.0 Å². The number of hydrogen-bond donors (Lipinski definition) is 0. The van der Waals surface area contributed by atoms with Crippen LogP contribution >= 0.6 is 0 Å². The third-order valence-corrected chi connectivity index (χ3v) is 2.51. The van der Waals surface area contributed by atoms with Crippen LogP contribution in [0.25, 0.3) is 0 Å². The van der Waals surface area contributed by atoms with Crippen molar-refractivity contribution >= 4 is 17.2 Å². The molecule has 102 valence electrons. The lowest BCUT2D eigenvalue weighted by Gasteiger charge is -2.01. The SMILES string of the molecule is O=C(Cn1cc([N+](=O)[O-])cn1)c1cccc([N+](=O)[O-])c1. The molecule has 0 aliphatic rings. The van der Waals surface area contributed by atoms with Crippen molar-refractivity contribution < 1.29 is 14.6 Å². The summed E-state index contributed by atoms with van der Waals surface area (Å²) in [6.07, 6.45) is 2.15. The van der Waals surface area contributed by atoms with E-state index in [0.29, 0.717) is 0 Å². The summed E-state index contributed by atoms with van der Waals surface area (Å²) >= 11 is 0. The Morgan fingerprint density at radius 2 is 1.90 bits per heavy atom. The van der Waals surface area contributed by atoms with Crippen LogP contribution in [0.15, 0.2) is 36.7 Å². The first-order chi connectivity index (χ1) is 9.47. The normalized spacial score (nSPS) is 10.2. The molecule has 0 saturated heterocycles. The molecule has 2 rings (SSSR count). The Morgan fingerprint density at radius 3 is 2.50 bits per heavy atom. The quantitative estimate of drug-likeness (QED) is 0.464. The van der Waals surface area contributed by atoms with Gasteiger partial charge < -0.3 is 0 Å². The highest BCUT2D eigenvalue weighted by Crippen LogP contribution is 2.14. The van der Waals surface area contributed by atoms with Crippen LogP contribution in [-0.4, -0.2) is 25.4 Å². The van der Waals surface area contributed by atoms with Gasteiger partial charge in [0.05, 0.1) is 9.85 Å². The highest BCUT2D eigenvalue weighted by molar-refractivity contribution is 5.96. The lowest BCUT2D eigenvalue weighted by molar-refractivity contribution is -0.385. The van der Waals surface area contributed by atoms with Crippen LogP contribution < -0.4 is 0 Å². The van der Waals surface area contributed by atoms with Crippen LogP contribution in [0.1, 0.15) is 10.4 Å². The second kappa shape index (κ2) is 5.26. The van der Waals surface area contributed by atoms with Crippen LogP contribution in [-0.2, 0) is 6.54 Å². The number of nitro groups is 2. The Hall–Kier alpha value is -3.10. The number of hydrogen-bond acceptors (Lipinski definition) is 6. The number of nitrogens with zero attached hydrogens (tertiary/aromatic N) is 4. The minimum atomic E-state index is -0.624. The van der Waals surface area contributed by atoms with Gasteiger partial charge in [0.1, 0.15) is 18.9 Å². The average molecular weight is 276 g/mol. The zero-order valence-corrected chi connectivity index (χ0v) is 10.0. The molecule has 0 atom stereocenters. The Balaban J connectivity index is 2.17. The lowest BCUT2D eigenvalue weighted by atomic mass is 10.1. The molecule has 0 unspecified atom stereocenters. The number of non-ortho nitro benzene ring substituents is 1. The van der Waals surface area contributed by atoms with Crippen molar-refractivity contribution in [3.63, 3.8) is 0 Å². The maximum atomic E-state index is 11.9. The minimum absolute atomic E-state index is 0.150. The number of aromatic nitrogens is 2. The summed E-state index contributed by atoms with van der Waals surface area (Å²) in [5, 5.41) is 24.8. The summed E-state index contributed by atoms with van der Waals surface area (Å²) in [7, 11) is 0. The van der Waals surface area contributed by atoms with Gasteiger partial charge in [-0.3, -0.25) is 29.7 Å². The molecule has 20 heavy (non-hydrogen) atoms. The van der Waals surface area contributed by atoms with Gasteiger partial charge >= 0.3 is 5.69 Å². The number of carbonyl (C=O) groups excluding carboxylic acids is 1. The van der Waals surface area contributed by atoms with E-state index >= 15 is 0 Å². The first-order valence-corrected chi connectivity index (χ1v) is 5.42. The molecule has 0 fully saturated rings. The molecule has 0 radical (unpaired) electrons. The van der Waals surface area contributed by atoms with Gasteiger partial charge in [0.25, 0.3) is 5.69 Å². The number of benzene rings is 1. The summed E-state index contributed by atoms with van der Waals surface area (Å²) < 4.78 is 1.11. The number of rotatable bonds is 5. The Labute approximate surface area is 111 Å². The summed E-state index contributed by atoms with van der Waals surface area (Å²) in [5.74, 6) is -0.424. The standard InChI is InChI=1S/C11H8N4O5/c16-11(7-13-6-10(5-12-13)15(19)20)8-2-1-3-9(4-8)14(17)18/h1-6H,7H2. The van der Waals surface area contributed by atoms with E-state index < -0.39 is 15.6 Å². The lowest BCUT2D eigenvalue weighted by Crippen LogP contribution is -2.11. The molecule has 0 bridgehead atoms. The maximum Gasteiger partial charge on any atom is 0.307 e. The molecular weight excluding hydrogens is 268 g/mol. The Morgan fingerprint density at radius 1 is 1.20 bits per heavy atom. The summed E-state index contributed by atoms with van der Waals surface area (Å²) in [6.45, 7) is -0.227. The third kappa shape index (κ3) is 2.83. The van der Waals surface area contributed by atoms with E-state index in [1.54, 1.807) is 0 Å². The van der Waals surface area contributed by atoms with Gasteiger partial charge in [-0.05, 0) is 0 Å². The van der Waals surface area contributed by atoms with E-state index in [-0.39, 0.29) is 23.5 Å². The van der Waals surface area contributed by atoms with E-state index in [1.807, 2.05) is 0 Å².